The zero-order valence-electron chi connectivity index (χ0n) is 11.9. The van der Waals surface area contributed by atoms with Crippen molar-refractivity contribution in [3.8, 4) is 0 Å². The Morgan fingerprint density at radius 1 is 1.40 bits per heavy atom. The van der Waals surface area contributed by atoms with E-state index in [1.54, 1.807) is 31.2 Å². The van der Waals surface area contributed by atoms with Crippen molar-refractivity contribution in [3.05, 3.63) is 24.3 Å². The zero-order valence-corrected chi connectivity index (χ0v) is 12.7. The van der Waals surface area contributed by atoms with E-state index >= 15 is 0 Å². The maximum atomic E-state index is 11.8. The number of hydrogen-bond acceptors (Lipinski definition) is 4. The third-order valence-electron chi connectivity index (χ3n) is 3.19. The van der Waals surface area contributed by atoms with Crippen molar-refractivity contribution in [1.29, 1.82) is 0 Å². The second kappa shape index (κ2) is 7.28. The van der Waals surface area contributed by atoms with Gasteiger partial charge in [-0.3, -0.25) is 4.79 Å². The van der Waals surface area contributed by atoms with Gasteiger partial charge in [-0.2, -0.15) is 0 Å². The molecule has 0 saturated heterocycles. The number of hydrogen-bond donors (Lipinski definition) is 2. The van der Waals surface area contributed by atoms with Gasteiger partial charge in [-0.1, -0.05) is 13.0 Å². The average molecular weight is 298 g/mol. The van der Waals surface area contributed by atoms with E-state index in [-0.39, 0.29) is 23.3 Å². The van der Waals surface area contributed by atoms with Crippen molar-refractivity contribution in [3.63, 3.8) is 0 Å². The summed E-state index contributed by atoms with van der Waals surface area (Å²) in [6.07, 6.45) is 1.11. The molecule has 112 valence electrons. The maximum absolute atomic E-state index is 11.8. The first kappa shape index (κ1) is 16.5. The van der Waals surface area contributed by atoms with E-state index in [1.165, 1.54) is 0 Å². The number of rotatable bonds is 7. The van der Waals surface area contributed by atoms with Gasteiger partial charge in [-0.25, -0.2) is 8.42 Å². The molecular formula is C14H22N2O3S. The Labute approximate surface area is 120 Å². The summed E-state index contributed by atoms with van der Waals surface area (Å²) < 4.78 is 23.6. The fourth-order valence-corrected chi connectivity index (χ4v) is 3.19. The van der Waals surface area contributed by atoms with E-state index in [0.717, 1.165) is 0 Å². The lowest BCUT2D eigenvalue weighted by atomic mass is 10.2. The molecule has 0 saturated carbocycles. The highest BCUT2D eigenvalue weighted by atomic mass is 32.2. The minimum atomic E-state index is -3.09. The van der Waals surface area contributed by atoms with Crippen LogP contribution in [0.3, 0.4) is 0 Å². The Morgan fingerprint density at radius 2 is 2.10 bits per heavy atom. The monoisotopic (exact) mass is 298 g/mol. The van der Waals surface area contributed by atoms with Gasteiger partial charge in [0.2, 0.25) is 5.91 Å². The summed E-state index contributed by atoms with van der Waals surface area (Å²) in [5.41, 5.74) is 6.81. The van der Waals surface area contributed by atoms with Crippen LogP contribution in [0.1, 0.15) is 33.1 Å². The fraction of sp³-hybridized carbons (Fsp3) is 0.500. The molecule has 0 fully saturated rings. The molecule has 0 spiro atoms. The highest BCUT2D eigenvalue weighted by Crippen LogP contribution is 2.13. The molecule has 6 heteroatoms. The smallest absolute Gasteiger partial charge is 0.224 e. The first-order valence-electron chi connectivity index (χ1n) is 6.72. The molecule has 0 radical (unpaired) electrons. The molecule has 1 unspecified atom stereocenters. The lowest BCUT2D eigenvalue weighted by Crippen LogP contribution is -2.21. The maximum Gasteiger partial charge on any atom is 0.224 e. The van der Waals surface area contributed by atoms with Crippen molar-refractivity contribution in [2.24, 2.45) is 0 Å². The summed E-state index contributed by atoms with van der Waals surface area (Å²) in [5.74, 6) is -0.151. The highest BCUT2D eigenvalue weighted by Gasteiger charge is 2.18. The molecule has 1 atom stereocenters. The van der Waals surface area contributed by atoms with Crippen LogP contribution in [0.5, 0.6) is 0 Å². The quantitative estimate of drug-likeness (QED) is 0.755. The summed E-state index contributed by atoms with van der Waals surface area (Å²) in [6.45, 7) is 3.54. The molecule has 1 aromatic carbocycles. The number of carbonyl (C=O) groups excluding carboxylic acids is 1. The number of carbonyl (C=O) groups is 1. The first-order valence-corrected chi connectivity index (χ1v) is 8.43. The van der Waals surface area contributed by atoms with E-state index in [2.05, 4.69) is 5.32 Å². The molecule has 0 aliphatic heterocycles. The molecule has 1 rings (SSSR count). The predicted octanol–water partition coefficient (Wildman–Crippen LogP) is 2.20. The first-order chi connectivity index (χ1) is 9.35. The second-order valence-electron chi connectivity index (χ2n) is 4.86. The SMILES string of the molecule is CCC(C)S(=O)(=O)CCCC(=O)Nc1cccc(N)c1. The third kappa shape index (κ3) is 5.21. The lowest BCUT2D eigenvalue weighted by molar-refractivity contribution is -0.116. The summed E-state index contributed by atoms with van der Waals surface area (Å²) >= 11 is 0. The molecule has 0 aromatic heterocycles. The van der Waals surface area contributed by atoms with Gasteiger partial charge >= 0.3 is 0 Å². The number of nitrogens with two attached hydrogens (primary N) is 1. The number of anilines is 2. The van der Waals surface area contributed by atoms with Gasteiger partial charge in [-0.15, -0.1) is 0 Å². The van der Waals surface area contributed by atoms with Gasteiger partial charge in [0.25, 0.3) is 0 Å². The molecule has 20 heavy (non-hydrogen) atoms. The number of nitrogens with one attached hydrogen (secondary N) is 1. The number of amides is 1. The van der Waals surface area contributed by atoms with Crippen LogP contribution in [0.2, 0.25) is 0 Å². The standard InChI is InChI=1S/C14H22N2O3S/c1-3-11(2)20(18,19)9-5-8-14(17)16-13-7-4-6-12(15)10-13/h4,6-7,10-11H,3,5,8-9,15H2,1-2H3,(H,16,17). The van der Waals surface area contributed by atoms with E-state index < -0.39 is 9.84 Å². The van der Waals surface area contributed by atoms with Gasteiger partial charge in [0.05, 0.1) is 11.0 Å². The summed E-state index contributed by atoms with van der Waals surface area (Å²) in [4.78, 5) is 11.7. The fourth-order valence-electron chi connectivity index (χ4n) is 1.73. The van der Waals surface area contributed by atoms with Crippen LogP contribution in [0.25, 0.3) is 0 Å². The van der Waals surface area contributed by atoms with Crippen LogP contribution in [0.4, 0.5) is 11.4 Å². The van der Waals surface area contributed by atoms with Gasteiger partial charge in [-0.05, 0) is 38.0 Å². The Morgan fingerprint density at radius 3 is 2.70 bits per heavy atom. The van der Waals surface area contributed by atoms with Crippen LogP contribution in [-0.4, -0.2) is 25.3 Å². The Kier molecular flexibility index (Phi) is 6.01. The molecule has 0 aliphatic rings. The van der Waals surface area contributed by atoms with E-state index in [0.29, 0.717) is 24.2 Å². The van der Waals surface area contributed by atoms with Crippen molar-refractivity contribution < 1.29 is 13.2 Å². The van der Waals surface area contributed by atoms with E-state index in [4.69, 9.17) is 5.73 Å². The minimum absolute atomic E-state index is 0.0480. The Hall–Kier alpha value is -1.56. The van der Waals surface area contributed by atoms with Gasteiger partial charge < -0.3 is 11.1 Å². The van der Waals surface area contributed by atoms with Crippen LogP contribution in [0, 0.1) is 0 Å². The number of sulfone groups is 1. The van der Waals surface area contributed by atoms with Crippen molar-refractivity contribution in [1.82, 2.24) is 0 Å². The van der Waals surface area contributed by atoms with Crippen LogP contribution in [-0.2, 0) is 14.6 Å². The number of benzene rings is 1. The largest absolute Gasteiger partial charge is 0.399 e. The third-order valence-corrected chi connectivity index (χ3v) is 5.61. The Bertz CT molecular complexity index is 555. The van der Waals surface area contributed by atoms with Gasteiger partial charge in [0.15, 0.2) is 9.84 Å². The van der Waals surface area contributed by atoms with Crippen molar-refractivity contribution >= 4 is 27.1 Å². The normalized spacial score (nSPS) is 12.9. The van der Waals surface area contributed by atoms with E-state index in [9.17, 15) is 13.2 Å². The highest BCUT2D eigenvalue weighted by molar-refractivity contribution is 7.91. The van der Waals surface area contributed by atoms with Crippen LogP contribution in [0.15, 0.2) is 24.3 Å². The van der Waals surface area contributed by atoms with Crippen molar-refractivity contribution in [2.45, 2.75) is 38.4 Å². The molecular weight excluding hydrogens is 276 g/mol. The molecule has 0 aliphatic carbocycles. The zero-order chi connectivity index (χ0) is 15.2. The average Bonchev–Trinajstić information content (AvgIpc) is 2.37. The predicted molar refractivity (Wildman–Crippen MR) is 82.3 cm³/mol. The summed E-state index contributed by atoms with van der Waals surface area (Å²) in [7, 11) is -3.09. The second-order valence-corrected chi connectivity index (χ2v) is 7.40. The minimum Gasteiger partial charge on any atom is -0.399 e. The van der Waals surface area contributed by atoms with Crippen LogP contribution < -0.4 is 11.1 Å². The molecule has 3 N–H and O–H groups in total. The lowest BCUT2D eigenvalue weighted by Gasteiger charge is -2.10. The molecule has 0 heterocycles. The van der Waals surface area contributed by atoms with Crippen LogP contribution >= 0.6 is 0 Å². The summed E-state index contributed by atoms with van der Waals surface area (Å²) in [5, 5.41) is 2.35. The van der Waals surface area contributed by atoms with Gasteiger partial charge in [0.1, 0.15) is 0 Å². The van der Waals surface area contributed by atoms with Gasteiger partial charge in [0, 0.05) is 17.8 Å². The molecule has 1 amide bonds. The molecule has 1 aromatic rings. The summed E-state index contributed by atoms with van der Waals surface area (Å²) in [6, 6.07) is 6.88. The topological polar surface area (TPSA) is 89.3 Å². The molecule has 0 bridgehead atoms. The van der Waals surface area contributed by atoms with Crippen molar-refractivity contribution in [2.75, 3.05) is 16.8 Å². The molecule has 5 nitrogen and oxygen atoms in total. The van der Waals surface area contributed by atoms with E-state index in [1.807, 2.05) is 6.92 Å². The number of nitrogen functional groups attached to an aromatic ring is 1. The Balaban J connectivity index is 2.41.